The number of fused-ring (bicyclic) bond motifs is 2. The molecule has 1 aliphatic heterocycles. The van der Waals surface area contributed by atoms with Crippen molar-refractivity contribution < 1.29 is 0 Å². The number of nitrogens with zero attached hydrogens (tertiary/aromatic N) is 3. The van der Waals surface area contributed by atoms with E-state index in [1.165, 1.54) is 44.3 Å². The lowest BCUT2D eigenvalue weighted by atomic mass is 10.0. The first kappa shape index (κ1) is 23.6. The summed E-state index contributed by atoms with van der Waals surface area (Å²) in [6.45, 7) is 12.1. The Hall–Kier alpha value is -2.56. The number of likely N-dealkylation sites (N-methyl/N-ethyl adjacent to an activating group) is 1. The second kappa shape index (κ2) is 11.0. The van der Waals surface area contributed by atoms with Gasteiger partial charge in [0.15, 0.2) is 0 Å². The molecule has 3 nitrogen and oxygen atoms in total. The van der Waals surface area contributed by atoms with Gasteiger partial charge in [-0.1, -0.05) is 55.5 Å². The van der Waals surface area contributed by atoms with E-state index in [4.69, 9.17) is 0 Å². The molecule has 0 saturated carbocycles. The third kappa shape index (κ3) is 5.51. The molecule has 1 unspecified atom stereocenters. The number of pyridine rings is 1. The Bertz CT molecular complexity index is 1090. The number of rotatable bonds is 9. The van der Waals surface area contributed by atoms with Gasteiger partial charge in [0.05, 0.1) is 11.4 Å². The molecule has 0 fully saturated rings. The average Bonchev–Trinajstić information content (AvgIpc) is 2.85. The highest BCUT2D eigenvalue weighted by Crippen LogP contribution is 2.49. The van der Waals surface area contributed by atoms with E-state index in [0.29, 0.717) is 6.04 Å². The van der Waals surface area contributed by atoms with Crippen LogP contribution in [0, 0.1) is 0 Å². The van der Waals surface area contributed by atoms with E-state index >= 15 is 0 Å². The molecule has 1 aromatic heterocycles. The second-order valence-corrected chi connectivity index (χ2v) is 9.94. The van der Waals surface area contributed by atoms with Gasteiger partial charge in [-0.05, 0) is 80.8 Å². The lowest BCUT2D eigenvalue weighted by molar-refractivity contribution is 0.213. The minimum Gasteiger partial charge on any atom is -0.340 e. The van der Waals surface area contributed by atoms with E-state index < -0.39 is 0 Å². The van der Waals surface area contributed by atoms with Crippen LogP contribution in [0.4, 0.5) is 11.4 Å². The number of aromatic nitrogens is 1. The van der Waals surface area contributed by atoms with Crippen LogP contribution in [-0.4, -0.2) is 35.6 Å². The molecule has 0 radical (unpaired) electrons. The molecule has 0 amide bonds. The first-order valence-electron chi connectivity index (χ1n) is 12.1. The van der Waals surface area contributed by atoms with Crippen molar-refractivity contribution in [3.63, 3.8) is 0 Å². The van der Waals surface area contributed by atoms with E-state index in [-0.39, 0.29) is 0 Å². The van der Waals surface area contributed by atoms with Crippen molar-refractivity contribution >= 4 is 23.1 Å². The average molecular weight is 458 g/mol. The number of para-hydroxylation sites is 1. The van der Waals surface area contributed by atoms with Gasteiger partial charge >= 0.3 is 0 Å². The van der Waals surface area contributed by atoms with Gasteiger partial charge in [-0.25, -0.2) is 0 Å². The highest BCUT2D eigenvalue weighted by molar-refractivity contribution is 7.99. The van der Waals surface area contributed by atoms with Gasteiger partial charge in [0, 0.05) is 41.3 Å². The maximum absolute atomic E-state index is 4.17. The highest BCUT2D eigenvalue weighted by Gasteiger charge is 2.25. The lowest BCUT2D eigenvalue weighted by Crippen LogP contribution is -2.37. The number of anilines is 2. The molecule has 172 valence electrons. The molecule has 2 aromatic carbocycles. The molecule has 0 spiro atoms. The van der Waals surface area contributed by atoms with Gasteiger partial charge in [0.25, 0.3) is 0 Å². The van der Waals surface area contributed by atoms with Crippen LogP contribution in [0.25, 0.3) is 11.1 Å². The number of hydrogen-bond acceptors (Lipinski definition) is 4. The summed E-state index contributed by atoms with van der Waals surface area (Å²) in [5, 5.41) is 0. The Kier molecular flexibility index (Phi) is 7.89. The van der Waals surface area contributed by atoms with Gasteiger partial charge in [-0.15, -0.1) is 0 Å². The first-order chi connectivity index (χ1) is 16.1. The van der Waals surface area contributed by atoms with Crippen LogP contribution in [0.3, 0.4) is 0 Å². The SMILES string of the molecule is CCC(CCN1c2ccccc2Sc2cc(-c3ccncc3)ccc21)N(CC)CC=C(C)C. The van der Waals surface area contributed by atoms with Crippen molar-refractivity contribution in [3.8, 4) is 11.1 Å². The van der Waals surface area contributed by atoms with Crippen molar-refractivity contribution in [1.29, 1.82) is 0 Å². The second-order valence-electron chi connectivity index (χ2n) is 8.86. The van der Waals surface area contributed by atoms with E-state index in [9.17, 15) is 0 Å². The Labute approximate surface area is 203 Å². The molecule has 3 aromatic rings. The number of allylic oxidation sites excluding steroid dienone is 1. The van der Waals surface area contributed by atoms with Crippen molar-refractivity contribution in [2.45, 2.75) is 56.4 Å². The van der Waals surface area contributed by atoms with Crippen molar-refractivity contribution in [1.82, 2.24) is 9.88 Å². The molecular weight excluding hydrogens is 422 g/mol. The Balaban J connectivity index is 1.61. The Morgan fingerprint density at radius 1 is 0.970 bits per heavy atom. The molecule has 2 heterocycles. The minimum absolute atomic E-state index is 0.576. The number of hydrogen-bond donors (Lipinski definition) is 0. The third-order valence-electron chi connectivity index (χ3n) is 6.45. The standard InChI is InChI=1S/C29H35N3S/c1-5-25(31(6-2)19-15-22(3)4)16-20-32-26-9-7-8-10-28(26)33-29-21-24(11-12-27(29)32)23-13-17-30-18-14-23/h7-15,17-18,21,25H,5-6,16,19-20H2,1-4H3. The molecule has 0 aliphatic carbocycles. The van der Waals surface area contributed by atoms with E-state index in [1.807, 2.05) is 24.2 Å². The third-order valence-corrected chi connectivity index (χ3v) is 7.57. The molecule has 0 saturated heterocycles. The molecule has 4 heteroatoms. The molecule has 33 heavy (non-hydrogen) atoms. The Morgan fingerprint density at radius 3 is 2.45 bits per heavy atom. The van der Waals surface area contributed by atoms with Crippen LogP contribution in [0.5, 0.6) is 0 Å². The van der Waals surface area contributed by atoms with Crippen LogP contribution in [0.1, 0.15) is 40.5 Å². The fraction of sp³-hybridized carbons (Fsp3) is 0.345. The number of benzene rings is 2. The largest absolute Gasteiger partial charge is 0.340 e. The minimum atomic E-state index is 0.576. The topological polar surface area (TPSA) is 19.4 Å². The molecule has 4 rings (SSSR count). The Morgan fingerprint density at radius 2 is 1.73 bits per heavy atom. The van der Waals surface area contributed by atoms with Crippen LogP contribution in [-0.2, 0) is 0 Å². The maximum atomic E-state index is 4.17. The summed E-state index contributed by atoms with van der Waals surface area (Å²) in [5.74, 6) is 0. The van der Waals surface area contributed by atoms with Gasteiger partial charge in [-0.3, -0.25) is 9.88 Å². The van der Waals surface area contributed by atoms with Crippen LogP contribution < -0.4 is 4.90 Å². The summed E-state index contributed by atoms with van der Waals surface area (Å²) in [5.41, 5.74) is 6.49. The summed E-state index contributed by atoms with van der Waals surface area (Å²) in [4.78, 5) is 12.0. The quantitative estimate of drug-likeness (QED) is 0.305. The van der Waals surface area contributed by atoms with Gasteiger partial charge in [0.1, 0.15) is 0 Å². The fourth-order valence-corrected chi connectivity index (χ4v) is 5.69. The summed E-state index contributed by atoms with van der Waals surface area (Å²) < 4.78 is 0. The van der Waals surface area contributed by atoms with Crippen molar-refractivity contribution in [3.05, 3.63) is 78.6 Å². The summed E-state index contributed by atoms with van der Waals surface area (Å²) in [7, 11) is 0. The highest BCUT2D eigenvalue weighted by atomic mass is 32.2. The fourth-order valence-electron chi connectivity index (χ4n) is 4.56. The predicted molar refractivity (Wildman–Crippen MR) is 143 cm³/mol. The normalized spacial score (nSPS) is 13.4. The van der Waals surface area contributed by atoms with Gasteiger partial charge in [0.2, 0.25) is 0 Å². The van der Waals surface area contributed by atoms with Crippen LogP contribution in [0.15, 0.2) is 88.4 Å². The predicted octanol–water partition coefficient (Wildman–Crippen LogP) is 7.81. The molecule has 0 N–H and O–H groups in total. The van der Waals surface area contributed by atoms with E-state index in [1.54, 1.807) is 0 Å². The van der Waals surface area contributed by atoms with E-state index in [2.05, 4.69) is 103 Å². The lowest BCUT2D eigenvalue weighted by Gasteiger charge is -2.36. The molecule has 1 atom stereocenters. The van der Waals surface area contributed by atoms with Crippen molar-refractivity contribution in [2.75, 3.05) is 24.5 Å². The summed E-state index contributed by atoms with van der Waals surface area (Å²) in [6, 6.07) is 20.5. The van der Waals surface area contributed by atoms with Crippen molar-refractivity contribution in [2.24, 2.45) is 0 Å². The van der Waals surface area contributed by atoms with E-state index in [0.717, 1.165) is 26.1 Å². The van der Waals surface area contributed by atoms with Gasteiger partial charge in [-0.2, -0.15) is 0 Å². The molecule has 1 aliphatic rings. The molecule has 0 bridgehead atoms. The smallest absolute Gasteiger partial charge is 0.0553 e. The van der Waals surface area contributed by atoms with Crippen LogP contribution in [0.2, 0.25) is 0 Å². The molecular formula is C29H35N3S. The monoisotopic (exact) mass is 457 g/mol. The summed E-state index contributed by atoms with van der Waals surface area (Å²) >= 11 is 1.88. The summed E-state index contributed by atoms with van der Waals surface area (Å²) in [6.07, 6.45) is 8.40. The van der Waals surface area contributed by atoms with Crippen LogP contribution >= 0.6 is 11.8 Å². The first-order valence-corrected chi connectivity index (χ1v) is 12.9. The van der Waals surface area contributed by atoms with Gasteiger partial charge < -0.3 is 4.90 Å². The zero-order chi connectivity index (χ0) is 23.2. The maximum Gasteiger partial charge on any atom is 0.0553 e. The zero-order valence-corrected chi connectivity index (χ0v) is 21.1. The zero-order valence-electron chi connectivity index (χ0n) is 20.3.